The molecule has 9 heteroatoms. The molecule has 2 aromatic rings. The Labute approximate surface area is 195 Å². The van der Waals surface area contributed by atoms with Crippen LogP contribution in [0.3, 0.4) is 0 Å². The number of nitrogens with one attached hydrogen (secondary N) is 2. The second-order valence-corrected chi connectivity index (χ2v) is 11.0. The highest BCUT2D eigenvalue weighted by atomic mass is 32.2. The van der Waals surface area contributed by atoms with Crippen LogP contribution in [0, 0.1) is 0 Å². The largest absolute Gasteiger partial charge is 0.356 e. The maximum absolute atomic E-state index is 13.0. The zero-order valence-electron chi connectivity index (χ0n) is 19.0. The van der Waals surface area contributed by atoms with Gasteiger partial charge in [0, 0.05) is 26.3 Å². The summed E-state index contributed by atoms with van der Waals surface area (Å²) in [7, 11) is -2.53. The second kappa shape index (κ2) is 10.1. The number of fused-ring (bicyclic) bond motifs is 1. The number of amides is 2. The average Bonchev–Trinajstić information content (AvgIpc) is 3.16. The van der Waals surface area contributed by atoms with Gasteiger partial charge in [0.05, 0.1) is 12.6 Å². The highest BCUT2D eigenvalue weighted by Gasteiger charge is 2.28. The number of H-pyrrole nitrogens is 1. The first kappa shape index (κ1) is 23.5. The Bertz CT molecular complexity index is 1100. The van der Waals surface area contributed by atoms with Gasteiger partial charge in [0.2, 0.25) is 15.9 Å². The van der Waals surface area contributed by atoms with Crippen molar-refractivity contribution in [3.63, 3.8) is 0 Å². The molecule has 1 saturated heterocycles. The van der Waals surface area contributed by atoms with E-state index in [0.29, 0.717) is 13.1 Å². The number of nitrogens with zero attached hydrogens (tertiary/aromatic N) is 2. The molecular weight excluding hydrogens is 440 g/mol. The molecule has 1 fully saturated rings. The van der Waals surface area contributed by atoms with Gasteiger partial charge in [-0.3, -0.25) is 9.59 Å². The molecule has 33 heavy (non-hydrogen) atoms. The Morgan fingerprint density at radius 1 is 1.12 bits per heavy atom. The predicted octanol–water partition coefficient (Wildman–Crippen LogP) is 2.85. The Morgan fingerprint density at radius 2 is 1.85 bits per heavy atom. The van der Waals surface area contributed by atoms with Crippen molar-refractivity contribution in [2.24, 2.45) is 0 Å². The molecule has 1 aromatic heterocycles. The number of sulfonamides is 1. The molecule has 1 unspecified atom stereocenters. The third kappa shape index (κ3) is 5.30. The summed E-state index contributed by atoms with van der Waals surface area (Å²) in [6.07, 6.45) is 8.25. The Morgan fingerprint density at radius 3 is 2.61 bits per heavy atom. The monoisotopic (exact) mass is 472 g/mol. The molecule has 1 aromatic carbocycles. The number of aromatic nitrogens is 1. The lowest BCUT2D eigenvalue weighted by Gasteiger charge is -2.27. The lowest BCUT2D eigenvalue weighted by molar-refractivity contribution is -0.122. The van der Waals surface area contributed by atoms with Gasteiger partial charge >= 0.3 is 0 Å². The molecule has 2 aliphatic rings. The first-order valence-corrected chi connectivity index (χ1v) is 13.1. The molecule has 0 spiro atoms. The van der Waals surface area contributed by atoms with Crippen molar-refractivity contribution in [3.05, 3.63) is 53.3 Å². The molecule has 4 rings (SSSR count). The summed E-state index contributed by atoms with van der Waals surface area (Å²) in [6.45, 7) is 1.08. The van der Waals surface area contributed by atoms with Crippen molar-refractivity contribution >= 4 is 21.8 Å². The molecule has 0 bridgehead atoms. The molecular formula is C24H32N4O4S. The van der Waals surface area contributed by atoms with Crippen LogP contribution in [0.4, 0.5) is 0 Å². The van der Waals surface area contributed by atoms with Crippen molar-refractivity contribution in [3.8, 4) is 0 Å². The average molecular weight is 473 g/mol. The van der Waals surface area contributed by atoms with E-state index in [4.69, 9.17) is 0 Å². The maximum Gasteiger partial charge on any atom is 0.270 e. The second-order valence-electron chi connectivity index (χ2n) is 8.93. The lowest BCUT2D eigenvalue weighted by atomic mass is 9.88. The summed E-state index contributed by atoms with van der Waals surface area (Å²) in [4.78, 5) is 30.0. The van der Waals surface area contributed by atoms with Crippen LogP contribution in [0.2, 0.25) is 0 Å². The molecule has 1 atom stereocenters. The van der Waals surface area contributed by atoms with Crippen molar-refractivity contribution in [1.29, 1.82) is 0 Å². The first-order valence-electron chi connectivity index (χ1n) is 11.7. The number of hydrogen-bond acceptors (Lipinski definition) is 4. The summed E-state index contributed by atoms with van der Waals surface area (Å²) >= 11 is 0. The molecule has 8 nitrogen and oxygen atoms in total. The SMILES string of the molecule is CN(CC(=O)NC1CCCc2ccccc21)S(=O)(=O)c1c[nH]c(C(=O)N2CCCCCC2)c1. The summed E-state index contributed by atoms with van der Waals surface area (Å²) in [5.74, 6) is -0.533. The van der Waals surface area contributed by atoms with E-state index in [0.717, 1.165) is 54.8 Å². The number of rotatable bonds is 6. The third-order valence-corrected chi connectivity index (χ3v) is 8.34. The highest BCUT2D eigenvalue weighted by molar-refractivity contribution is 7.89. The number of likely N-dealkylation sites (N-methyl/N-ethyl adjacent to an activating group) is 1. The van der Waals surface area contributed by atoms with Gasteiger partial charge in [-0.2, -0.15) is 4.31 Å². The minimum atomic E-state index is -3.92. The predicted molar refractivity (Wildman–Crippen MR) is 125 cm³/mol. The van der Waals surface area contributed by atoms with Crippen LogP contribution in [0.5, 0.6) is 0 Å². The topological polar surface area (TPSA) is 103 Å². The lowest BCUT2D eigenvalue weighted by Crippen LogP contribution is -2.40. The number of carbonyl (C=O) groups is 2. The van der Waals surface area contributed by atoms with Gasteiger partial charge < -0.3 is 15.2 Å². The normalized spacial score (nSPS) is 19.1. The third-order valence-electron chi connectivity index (χ3n) is 6.56. The molecule has 2 amide bonds. The fourth-order valence-corrected chi connectivity index (χ4v) is 5.82. The van der Waals surface area contributed by atoms with E-state index < -0.39 is 10.0 Å². The van der Waals surface area contributed by atoms with Gasteiger partial charge in [-0.1, -0.05) is 37.1 Å². The van der Waals surface area contributed by atoms with Gasteiger partial charge in [-0.25, -0.2) is 8.42 Å². The number of hydrogen-bond donors (Lipinski definition) is 2. The van der Waals surface area contributed by atoms with E-state index in [-0.39, 0.29) is 35.0 Å². The molecule has 2 heterocycles. The molecule has 0 saturated carbocycles. The van der Waals surface area contributed by atoms with Gasteiger partial charge in [-0.15, -0.1) is 0 Å². The number of benzene rings is 1. The van der Waals surface area contributed by atoms with E-state index in [2.05, 4.69) is 16.4 Å². The fourth-order valence-electron chi connectivity index (χ4n) is 4.70. The molecule has 178 valence electrons. The van der Waals surface area contributed by atoms with Crippen molar-refractivity contribution in [2.45, 2.75) is 55.9 Å². The number of aryl methyl sites for hydroxylation is 1. The summed E-state index contributed by atoms with van der Waals surface area (Å²) in [5.41, 5.74) is 2.58. The first-order chi connectivity index (χ1) is 15.9. The number of aromatic amines is 1. The van der Waals surface area contributed by atoms with Gasteiger partial charge in [0.15, 0.2) is 0 Å². The van der Waals surface area contributed by atoms with Crippen LogP contribution >= 0.6 is 0 Å². The van der Waals surface area contributed by atoms with Gasteiger partial charge in [-0.05, 0) is 49.3 Å². The molecule has 2 N–H and O–H groups in total. The highest BCUT2D eigenvalue weighted by Crippen LogP contribution is 2.29. The minimum absolute atomic E-state index is 0.0148. The van der Waals surface area contributed by atoms with Crippen LogP contribution in [0.25, 0.3) is 0 Å². The van der Waals surface area contributed by atoms with Crippen molar-refractivity contribution in [1.82, 2.24) is 19.5 Å². The van der Waals surface area contributed by atoms with Crippen LogP contribution in [0.1, 0.15) is 66.2 Å². The quantitative estimate of drug-likeness (QED) is 0.675. The Balaban J connectivity index is 1.39. The van der Waals surface area contributed by atoms with Crippen LogP contribution in [-0.2, 0) is 21.2 Å². The molecule has 1 aliphatic heterocycles. The molecule has 0 radical (unpaired) electrons. The van der Waals surface area contributed by atoms with Crippen LogP contribution in [-0.4, -0.2) is 61.1 Å². The van der Waals surface area contributed by atoms with E-state index in [9.17, 15) is 18.0 Å². The van der Waals surface area contributed by atoms with Gasteiger partial charge in [0.25, 0.3) is 5.91 Å². The van der Waals surface area contributed by atoms with E-state index in [1.807, 2.05) is 18.2 Å². The van der Waals surface area contributed by atoms with Crippen LogP contribution in [0.15, 0.2) is 41.4 Å². The zero-order chi connectivity index (χ0) is 23.4. The fraction of sp³-hybridized carbons (Fsp3) is 0.500. The summed E-state index contributed by atoms with van der Waals surface area (Å²) < 4.78 is 27.1. The van der Waals surface area contributed by atoms with E-state index in [1.54, 1.807) is 4.90 Å². The van der Waals surface area contributed by atoms with Crippen molar-refractivity contribution in [2.75, 3.05) is 26.7 Å². The summed E-state index contributed by atoms with van der Waals surface area (Å²) in [5, 5.41) is 2.99. The van der Waals surface area contributed by atoms with E-state index >= 15 is 0 Å². The Hall–Kier alpha value is -2.65. The molecule has 1 aliphatic carbocycles. The Kier molecular flexibility index (Phi) is 7.19. The smallest absolute Gasteiger partial charge is 0.270 e. The summed E-state index contributed by atoms with van der Waals surface area (Å²) in [6, 6.07) is 9.30. The van der Waals surface area contributed by atoms with Gasteiger partial charge in [0.1, 0.15) is 10.6 Å². The van der Waals surface area contributed by atoms with Crippen LogP contribution < -0.4 is 5.32 Å². The number of carbonyl (C=O) groups excluding carboxylic acids is 2. The maximum atomic E-state index is 13.0. The van der Waals surface area contributed by atoms with E-state index in [1.165, 1.54) is 24.9 Å². The number of likely N-dealkylation sites (tertiary alicyclic amines) is 1. The standard InChI is InChI=1S/C24H32N4O4S/c1-27(17-23(29)26-21-12-8-10-18-9-4-5-11-20(18)21)33(31,32)19-15-22(25-16-19)24(30)28-13-6-2-3-7-14-28/h4-5,9,11,15-16,21,25H,2-3,6-8,10,12-14,17H2,1H3,(H,26,29). The minimum Gasteiger partial charge on any atom is -0.356 e. The zero-order valence-corrected chi connectivity index (χ0v) is 19.9. The van der Waals surface area contributed by atoms with Crippen molar-refractivity contribution < 1.29 is 18.0 Å².